The summed E-state index contributed by atoms with van der Waals surface area (Å²) >= 11 is 6.65. The summed E-state index contributed by atoms with van der Waals surface area (Å²) in [5, 5.41) is 20.0. The largest absolute Gasteiger partial charge is 0.493 e. The fourth-order valence-electron chi connectivity index (χ4n) is 2.80. The average Bonchev–Trinajstić information content (AvgIpc) is 3.25. The third-order valence-corrected chi connectivity index (χ3v) is 5.71. The molecule has 0 saturated carbocycles. The minimum Gasteiger partial charge on any atom is -0.493 e. The van der Waals surface area contributed by atoms with Gasteiger partial charge in [0, 0.05) is 6.08 Å². The molecule has 148 valence electrons. The van der Waals surface area contributed by atoms with Gasteiger partial charge in [0.05, 0.1) is 17.1 Å². The number of aryl methyl sites for hydroxylation is 1. The van der Waals surface area contributed by atoms with Gasteiger partial charge in [-0.1, -0.05) is 48.0 Å². The van der Waals surface area contributed by atoms with Crippen LogP contribution in [0.15, 0.2) is 70.5 Å². The fraction of sp³-hybridized carbons (Fsp3) is 0.0909. The Morgan fingerprint density at radius 2 is 1.97 bits per heavy atom. The van der Waals surface area contributed by atoms with Gasteiger partial charge < -0.3 is 9.84 Å². The molecule has 0 saturated heterocycles. The van der Waals surface area contributed by atoms with Crippen molar-refractivity contribution in [3.05, 3.63) is 80.4 Å². The number of benzene rings is 2. The Hall–Kier alpha value is -3.54. The Kier molecular flexibility index (Phi) is 5.57. The highest BCUT2D eigenvalue weighted by Crippen LogP contribution is 2.31. The molecule has 0 amide bonds. The molecule has 3 aromatic rings. The van der Waals surface area contributed by atoms with Gasteiger partial charge in [0.1, 0.15) is 6.07 Å². The second-order valence-corrected chi connectivity index (χ2v) is 8.21. The summed E-state index contributed by atoms with van der Waals surface area (Å²) in [5.41, 5.74) is 2.87. The molecule has 1 N–H and O–H groups in total. The molecule has 30 heavy (non-hydrogen) atoms. The van der Waals surface area contributed by atoms with Crippen molar-refractivity contribution >= 4 is 46.9 Å². The number of aromatic hydroxyl groups is 1. The van der Waals surface area contributed by atoms with Crippen molar-refractivity contribution < 1.29 is 9.84 Å². The molecule has 0 radical (unpaired) electrons. The van der Waals surface area contributed by atoms with E-state index in [-0.39, 0.29) is 23.4 Å². The van der Waals surface area contributed by atoms with E-state index in [1.807, 2.05) is 67.6 Å². The molecule has 8 heteroatoms. The summed E-state index contributed by atoms with van der Waals surface area (Å²) in [6.45, 7) is 2.44. The SMILES string of the molecule is Cc1ccc(N=C2O/C(=C\c3sc(=S)n(Cc4ccccc4)c3O)N=C2C#N)cc1. The van der Waals surface area contributed by atoms with Gasteiger partial charge in [0.2, 0.25) is 17.5 Å². The first kappa shape index (κ1) is 19.8. The molecule has 0 unspecified atom stereocenters. The monoisotopic (exact) mass is 432 g/mol. The summed E-state index contributed by atoms with van der Waals surface area (Å²) < 4.78 is 7.84. The zero-order valence-electron chi connectivity index (χ0n) is 15.9. The topological polar surface area (TPSA) is 82.9 Å². The van der Waals surface area contributed by atoms with Crippen molar-refractivity contribution in [3.63, 3.8) is 0 Å². The molecule has 1 aliphatic heterocycles. The maximum Gasteiger partial charge on any atom is 0.258 e. The Morgan fingerprint density at radius 1 is 1.23 bits per heavy atom. The Labute approximate surface area is 182 Å². The van der Waals surface area contributed by atoms with Crippen LogP contribution in [0.2, 0.25) is 0 Å². The molecule has 4 rings (SSSR count). The van der Waals surface area contributed by atoms with E-state index in [1.54, 1.807) is 10.6 Å². The Bertz CT molecular complexity index is 1280. The number of thiazole rings is 1. The van der Waals surface area contributed by atoms with Crippen LogP contribution < -0.4 is 0 Å². The molecule has 0 aliphatic carbocycles. The van der Waals surface area contributed by atoms with Gasteiger partial charge in [-0.05, 0) is 36.8 Å². The van der Waals surface area contributed by atoms with Crippen LogP contribution in [-0.2, 0) is 11.3 Å². The number of hydrogen-bond acceptors (Lipinski definition) is 7. The molecule has 1 aliphatic rings. The number of aliphatic imine (C=N–C) groups is 2. The van der Waals surface area contributed by atoms with E-state index in [2.05, 4.69) is 9.98 Å². The molecule has 1 aromatic heterocycles. The maximum absolute atomic E-state index is 10.6. The lowest BCUT2D eigenvalue weighted by Gasteiger charge is -2.04. The minimum atomic E-state index is 0.0302. The summed E-state index contributed by atoms with van der Waals surface area (Å²) in [5.74, 6) is 0.331. The summed E-state index contributed by atoms with van der Waals surface area (Å²) in [4.78, 5) is 9.04. The Balaban J connectivity index is 1.62. The predicted octanol–water partition coefficient (Wildman–Crippen LogP) is 5.36. The van der Waals surface area contributed by atoms with Crippen molar-refractivity contribution in [3.8, 4) is 11.9 Å². The van der Waals surface area contributed by atoms with Crippen molar-refractivity contribution in [1.29, 1.82) is 5.26 Å². The molecular formula is C22H16N4O2S2. The van der Waals surface area contributed by atoms with E-state index < -0.39 is 0 Å². The highest BCUT2D eigenvalue weighted by Gasteiger charge is 2.23. The second-order valence-electron chi connectivity index (χ2n) is 6.54. The van der Waals surface area contributed by atoms with Crippen LogP contribution in [0.4, 0.5) is 5.69 Å². The molecule has 0 fully saturated rings. The molecular weight excluding hydrogens is 416 g/mol. The van der Waals surface area contributed by atoms with Crippen molar-refractivity contribution in [2.75, 3.05) is 0 Å². The first-order chi connectivity index (χ1) is 14.5. The lowest BCUT2D eigenvalue weighted by molar-refractivity contribution is 0.420. The maximum atomic E-state index is 10.6. The van der Waals surface area contributed by atoms with E-state index >= 15 is 0 Å². The standard InChI is InChI=1S/C22H16N4O2S2/c1-14-7-9-16(10-8-14)24-20-17(12-23)25-19(28-20)11-18-21(27)26(22(29)30-18)13-15-5-3-2-4-6-15/h2-11,27H,13H2,1H3/b19-11-,24-20?. The minimum absolute atomic E-state index is 0.0302. The van der Waals surface area contributed by atoms with Gasteiger partial charge in [-0.3, -0.25) is 4.57 Å². The molecule has 0 atom stereocenters. The molecule has 2 heterocycles. The first-order valence-corrected chi connectivity index (χ1v) is 10.3. The highest BCUT2D eigenvalue weighted by atomic mass is 32.1. The number of nitrogens with zero attached hydrogens (tertiary/aromatic N) is 4. The van der Waals surface area contributed by atoms with Gasteiger partial charge in [0.15, 0.2) is 3.95 Å². The fourth-order valence-corrected chi connectivity index (χ4v) is 4.03. The van der Waals surface area contributed by atoms with E-state index in [0.29, 0.717) is 21.1 Å². The highest BCUT2D eigenvalue weighted by molar-refractivity contribution is 7.73. The molecule has 0 spiro atoms. The van der Waals surface area contributed by atoms with E-state index in [9.17, 15) is 10.4 Å². The third kappa shape index (κ3) is 4.22. The number of nitriles is 1. The quantitative estimate of drug-likeness (QED) is 0.562. The van der Waals surface area contributed by atoms with E-state index in [0.717, 1.165) is 11.1 Å². The zero-order chi connectivity index (χ0) is 21.1. The lowest BCUT2D eigenvalue weighted by Crippen LogP contribution is -2.07. The van der Waals surface area contributed by atoms with E-state index in [1.165, 1.54) is 11.3 Å². The van der Waals surface area contributed by atoms with Crippen molar-refractivity contribution in [1.82, 2.24) is 4.57 Å². The summed E-state index contributed by atoms with van der Waals surface area (Å²) in [7, 11) is 0. The van der Waals surface area contributed by atoms with Gasteiger partial charge in [0.25, 0.3) is 5.90 Å². The van der Waals surface area contributed by atoms with Crippen LogP contribution in [0.5, 0.6) is 5.88 Å². The van der Waals surface area contributed by atoms with Gasteiger partial charge in [-0.2, -0.15) is 10.3 Å². The van der Waals surface area contributed by atoms with Crippen LogP contribution in [0.3, 0.4) is 0 Å². The third-order valence-electron chi connectivity index (χ3n) is 4.33. The van der Waals surface area contributed by atoms with Crippen LogP contribution in [0.1, 0.15) is 16.0 Å². The van der Waals surface area contributed by atoms with Crippen LogP contribution in [-0.4, -0.2) is 21.3 Å². The molecule has 0 bridgehead atoms. The van der Waals surface area contributed by atoms with Gasteiger partial charge in [-0.15, -0.1) is 11.3 Å². The molecule has 2 aromatic carbocycles. The van der Waals surface area contributed by atoms with Gasteiger partial charge in [-0.25, -0.2) is 4.99 Å². The number of aromatic nitrogens is 1. The van der Waals surface area contributed by atoms with Crippen molar-refractivity contribution in [2.45, 2.75) is 13.5 Å². The average molecular weight is 433 g/mol. The second kappa shape index (κ2) is 8.45. The number of rotatable bonds is 4. The molecule has 6 nitrogen and oxygen atoms in total. The van der Waals surface area contributed by atoms with Crippen molar-refractivity contribution in [2.24, 2.45) is 9.98 Å². The summed E-state index contributed by atoms with van der Waals surface area (Å²) in [6, 6.07) is 19.3. The van der Waals surface area contributed by atoms with Crippen LogP contribution >= 0.6 is 23.6 Å². The van der Waals surface area contributed by atoms with E-state index in [4.69, 9.17) is 17.0 Å². The first-order valence-electron chi connectivity index (χ1n) is 9.04. The zero-order valence-corrected chi connectivity index (χ0v) is 17.6. The predicted molar refractivity (Wildman–Crippen MR) is 121 cm³/mol. The van der Waals surface area contributed by atoms with Crippen LogP contribution in [0.25, 0.3) is 6.08 Å². The smallest absolute Gasteiger partial charge is 0.258 e. The van der Waals surface area contributed by atoms with Crippen LogP contribution in [0, 0.1) is 22.2 Å². The Morgan fingerprint density at radius 3 is 2.67 bits per heavy atom. The van der Waals surface area contributed by atoms with Gasteiger partial charge >= 0.3 is 0 Å². The number of hydrogen-bond donors (Lipinski definition) is 1. The lowest BCUT2D eigenvalue weighted by atomic mass is 10.2. The number of ether oxygens (including phenoxy) is 1. The summed E-state index contributed by atoms with van der Waals surface area (Å²) in [6.07, 6.45) is 1.56. The normalized spacial score (nSPS) is 15.8.